The first-order valence-corrected chi connectivity index (χ1v) is 13.2. The van der Waals surface area contributed by atoms with Gasteiger partial charge in [0.05, 0.1) is 6.10 Å². The normalized spacial score (nSPS) is 24.9. The Bertz CT molecular complexity index is 1360. The number of aliphatic hydroxyl groups is 1. The maximum Gasteiger partial charge on any atom is 0.459 e. The van der Waals surface area contributed by atoms with Gasteiger partial charge in [0.1, 0.15) is 30.5 Å². The lowest BCUT2D eigenvalue weighted by atomic mass is 10.1. The number of azide groups is 1. The quantitative estimate of drug-likeness (QED) is 0.110. The van der Waals surface area contributed by atoms with E-state index in [0.29, 0.717) is 0 Å². The Morgan fingerprint density at radius 3 is 2.59 bits per heavy atom. The van der Waals surface area contributed by atoms with Crippen molar-refractivity contribution in [1.82, 2.24) is 14.6 Å². The summed E-state index contributed by atoms with van der Waals surface area (Å²) < 4.78 is 42.2. The number of rotatable bonds is 12. The van der Waals surface area contributed by atoms with Crippen molar-refractivity contribution in [1.29, 1.82) is 0 Å². The molecule has 0 saturated carbocycles. The Morgan fingerprint density at radius 1 is 1.31 bits per heavy atom. The Morgan fingerprint density at radius 2 is 2.00 bits per heavy atom. The predicted molar refractivity (Wildman–Crippen MR) is 135 cm³/mol. The van der Waals surface area contributed by atoms with Crippen LogP contribution in [0, 0.1) is 0 Å². The highest BCUT2D eigenvalue weighted by Gasteiger charge is 2.57. The smallest absolute Gasteiger partial charge is 0.459 e. The van der Waals surface area contributed by atoms with Gasteiger partial charge in [-0.25, -0.2) is 9.36 Å². The molecule has 17 heteroatoms. The van der Waals surface area contributed by atoms with Crippen molar-refractivity contribution in [2.75, 3.05) is 13.7 Å². The number of hydrogen-bond donors (Lipinski definition) is 3. The Labute approximate surface area is 222 Å². The number of aromatic amines is 1. The fourth-order valence-electron chi connectivity index (χ4n) is 3.65. The van der Waals surface area contributed by atoms with Crippen LogP contribution in [-0.2, 0) is 28.1 Å². The zero-order valence-electron chi connectivity index (χ0n) is 21.5. The number of esters is 1. The van der Waals surface area contributed by atoms with E-state index in [2.05, 4.69) is 15.1 Å². The summed E-state index contributed by atoms with van der Waals surface area (Å²) in [5, 5.41) is 17.1. The zero-order valence-corrected chi connectivity index (χ0v) is 22.4. The van der Waals surface area contributed by atoms with Crippen LogP contribution in [0.3, 0.4) is 0 Å². The third-order valence-electron chi connectivity index (χ3n) is 5.50. The van der Waals surface area contributed by atoms with Gasteiger partial charge in [0.25, 0.3) is 5.56 Å². The number of aliphatic hydroxyl groups excluding tert-OH is 1. The van der Waals surface area contributed by atoms with Crippen LogP contribution in [0.25, 0.3) is 10.4 Å². The van der Waals surface area contributed by atoms with Crippen LogP contribution in [0.1, 0.15) is 27.0 Å². The standard InChI is InChI=1S/C22H29N6O10P/c1-13(2)36-20(31)14(3)26-39(33,38-15-8-6-5-7-9-15)35-12-22(34-4)18(30)17(25-27-23)19(37-22)28-11-10-16(29)24-21(28)32/h5-11,13-14,17-19,30H,12H2,1-4H3,(H,26,33)(H,24,29,32)/t14-,17-,18+,19-,22-,39?/m1/s1. The lowest BCUT2D eigenvalue weighted by Gasteiger charge is -2.32. The first-order chi connectivity index (χ1) is 18.4. The van der Waals surface area contributed by atoms with Gasteiger partial charge in [-0.15, -0.1) is 0 Å². The molecule has 1 saturated heterocycles. The number of hydrogen-bond acceptors (Lipinski definition) is 11. The number of ether oxygens (including phenoxy) is 3. The first-order valence-electron chi connectivity index (χ1n) is 11.7. The monoisotopic (exact) mass is 568 g/mol. The second-order valence-corrected chi connectivity index (χ2v) is 10.4. The molecule has 212 valence electrons. The molecule has 6 atom stereocenters. The topological polar surface area (TPSA) is 216 Å². The maximum absolute atomic E-state index is 13.8. The van der Waals surface area contributed by atoms with Gasteiger partial charge in [0.15, 0.2) is 6.23 Å². The summed E-state index contributed by atoms with van der Waals surface area (Å²) in [6, 6.07) is 6.36. The molecule has 2 aromatic rings. The van der Waals surface area contributed by atoms with Crippen molar-refractivity contribution in [2.45, 2.75) is 57.1 Å². The fourth-order valence-corrected chi connectivity index (χ4v) is 5.15. The van der Waals surface area contributed by atoms with Gasteiger partial charge >= 0.3 is 19.4 Å². The molecule has 39 heavy (non-hydrogen) atoms. The molecule has 1 unspecified atom stereocenters. The average molecular weight is 568 g/mol. The van der Waals surface area contributed by atoms with E-state index < -0.39 is 67.9 Å². The molecular formula is C22H29N6O10P. The summed E-state index contributed by atoms with van der Waals surface area (Å²) in [6.07, 6.45) is -2.57. The van der Waals surface area contributed by atoms with Crippen LogP contribution in [0.15, 0.2) is 57.3 Å². The molecule has 3 rings (SSSR count). The summed E-state index contributed by atoms with van der Waals surface area (Å²) in [6.45, 7) is 3.89. The SMILES string of the molecule is CO[C@]1(COP(=O)(N[C@H](C)C(=O)OC(C)C)Oc2ccccc2)O[C@@H](n2ccc(=O)[nH]c2=O)[C@H](N=[N+]=[N-])[C@@H]1O. The molecule has 1 aliphatic rings. The van der Waals surface area contributed by atoms with E-state index in [1.165, 1.54) is 19.1 Å². The van der Waals surface area contributed by atoms with E-state index in [1.54, 1.807) is 32.0 Å². The summed E-state index contributed by atoms with van der Waals surface area (Å²) in [5.74, 6) is -2.75. The van der Waals surface area contributed by atoms with E-state index in [0.717, 1.165) is 23.9 Å². The minimum Gasteiger partial charge on any atom is -0.462 e. The van der Waals surface area contributed by atoms with Gasteiger partial charge < -0.3 is 23.8 Å². The fraction of sp³-hybridized carbons (Fsp3) is 0.500. The van der Waals surface area contributed by atoms with E-state index in [1.807, 2.05) is 4.98 Å². The molecule has 3 N–H and O–H groups in total. The highest BCUT2D eigenvalue weighted by molar-refractivity contribution is 7.52. The molecule has 1 aromatic carbocycles. The second kappa shape index (κ2) is 12.6. The van der Waals surface area contributed by atoms with Crippen molar-refractivity contribution in [3.63, 3.8) is 0 Å². The van der Waals surface area contributed by atoms with Gasteiger partial charge in [-0.05, 0) is 38.4 Å². The Kier molecular flexibility index (Phi) is 9.69. The lowest BCUT2D eigenvalue weighted by molar-refractivity contribution is -0.266. The van der Waals surface area contributed by atoms with Crippen molar-refractivity contribution < 1.29 is 37.7 Å². The van der Waals surface area contributed by atoms with E-state index in [9.17, 15) is 24.1 Å². The average Bonchev–Trinajstić information content (AvgIpc) is 3.15. The van der Waals surface area contributed by atoms with Crippen molar-refractivity contribution in [3.8, 4) is 5.75 Å². The highest BCUT2D eigenvalue weighted by atomic mass is 31.2. The molecule has 0 aliphatic carbocycles. The number of carbonyl (C=O) groups is 1. The van der Waals surface area contributed by atoms with Crippen LogP contribution in [0.5, 0.6) is 5.75 Å². The Hall–Kier alpha value is -3.49. The van der Waals surface area contributed by atoms with Crippen LogP contribution < -0.4 is 20.9 Å². The molecule has 0 radical (unpaired) electrons. The molecule has 1 aromatic heterocycles. The maximum atomic E-state index is 13.8. The molecule has 1 aliphatic heterocycles. The summed E-state index contributed by atoms with van der Waals surface area (Å²) in [7, 11) is -3.28. The minimum absolute atomic E-state index is 0.127. The predicted octanol–water partition coefficient (Wildman–Crippen LogP) is 1.58. The van der Waals surface area contributed by atoms with E-state index in [-0.39, 0.29) is 5.75 Å². The van der Waals surface area contributed by atoms with Crippen LogP contribution in [-0.4, -0.2) is 64.4 Å². The van der Waals surface area contributed by atoms with Crippen LogP contribution in [0.2, 0.25) is 0 Å². The number of benzene rings is 1. The third-order valence-corrected chi connectivity index (χ3v) is 7.13. The number of H-pyrrole nitrogens is 1. The summed E-state index contributed by atoms with van der Waals surface area (Å²) in [5.41, 5.74) is 7.46. The summed E-state index contributed by atoms with van der Waals surface area (Å²) in [4.78, 5) is 41.0. The van der Waals surface area contributed by atoms with E-state index >= 15 is 0 Å². The molecule has 2 heterocycles. The highest BCUT2D eigenvalue weighted by Crippen LogP contribution is 2.48. The van der Waals surface area contributed by atoms with Gasteiger partial charge in [-0.3, -0.25) is 23.7 Å². The van der Waals surface area contributed by atoms with Gasteiger partial charge in [0.2, 0.25) is 5.79 Å². The number of nitrogens with one attached hydrogen (secondary N) is 2. The van der Waals surface area contributed by atoms with E-state index in [4.69, 9.17) is 28.8 Å². The largest absolute Gasteiger partial charge is 0.462 e. The second-order valence-electron chi connectivity index (χ2n) is 8.69. The van der Waals surface area contributed by atoms with Crippen molar-refractivity contribution >= 4 is 13.7 Å². The van der Waals surface area contributed by atoms with Gasteiger partial charge in [-0.1, -0.05) is 23.3 Å². The molecular weight excluding hydrogens is 539 g/mol. The van der Waals surface area contributed by atoms with Crippen LogP contribution in [0.4, 0.5) is 0 Å². The van der Waals surface area contributed by atoms with Crippen molar-refractivity contribution in [2.24, 2.45) is 5.11 Å². The number of carbonyl (C=O) groups excluding carboxylic acids is 1. The minimum atomic E-state index is -4.41. The van der Waals surface area contributed by atoms with Gasteiger partial charge in [0, 0.05) is 24.3 Å². The third kappa shape index (κ3) is 7.13. The molecule has 0 spiro atoms. The number of para-hydroxylation sites is 1. The van der Waals surface area contributed by atoms with Gasteiger partial charge in [-0.2, -0.15) is 5.09 Å². The lowest BCUT2D eigenvalue weighted by Crippen LogP contribution is -2.48. The number of methoxy groups -OCH3 is 1. The first kappa shape index (κ1) is 30.1. The molecule has 0 amide bonds. The number of aromatic nitrogens is 2. The zero-order chi connectivity index (χ0) is 28.8. The van der Waals surface area contributed by atoms with Crippen LogP contribution >= 0.6 is 7.75 Å². The number of nitrogens with zero attached hydrogens (tertiary/aromatic N) is 4. The summed E-state index contributed by atoms with van der Waals surface area (Å²) >= 11 is 0. The molecule has 0 bridgehead atoms. The molecule has 16 nitrogen and oxygen atoms in total. The van der Waals surface area contributed by atoms with Crippen molar-refractivity contribution in [3.05, 3.63) is 73.9 Å². The Balaban J connectivity index is 1.92. The molecule has 1 fully saturated rings.